The molecule has 5 nitrogen and oxygen atoms in total. The van der Waals surface area contributed by atoms with Crippen molar-refractivity contribution in [2.24, 2.45) is 0 Å². The van der Waals surface area contributed by atoms with E-state index in [2.05, 4.69) is 10.2 Å². The summed E-state index contributed by atoms with van der Waals surface area (Å²) < 4.78 is 7.11. The number of esters is 1. The molecule has 0 bridgehead atoms. The van der Waals surface area contributed by atoms with E-state index in [-0.39, 0.29) is 5.97 Å². The van der Waals surface area contributed by atoms with Crippen molar-refractivity contribution in [3.8, 4) is 0 Å². The van der Waals surface area contributed by atoms with Crippen molar-refractivity contribution in [3.05, 3.63) is 46.5 Å². The monoisotopic (exact) mass is 307 g/mol. The number of halogens is 1. The molecule has 0 aliphatic carbocycles. The third-order valence-corrected chi connectivity index (χ3v) is 3.52. The highest BCUT2D eigenvalue weighted by atomic mass is 35.5. The van der Waals surface area contributed by atoms with Crippen LogP contribution < -0.4 is 0 Å². The zero-order chi connectivity index (χ0) is 15.4. The van der Waals surface area contributed by atoms with Gasteiger partial charge in [-0.2, -0.15) is 0 Å². The van der Waals surface area contributed by atoms with Crippen LogP contribution in [0.4, 0.5) is 0 Å². The minimum Gasteiger partial charge on any atom is -0.465 e. The van der Waals surface area contributed by atoms with Crippen LogP contribution in [0.2, 0.25) is 5.02 Å². The maximum Gasteiger partial charge on any atom is 0.321 e. The van der Waals surface area contributed by atoms with Crippen molar-refractivity contribution >= 4 is 17.6 Å². The maximum atomic E-state index is 12.4. The van der Waals surface area contributed by atoms with Crippen LogP contribution in [0, 0.1) is 6.92 Å². The lowest BCUT2D eigenvalue weighted by molar-refractivity contribution is -0.144. The lowest BCUT2D eigenvalue weighted by Crippen LogP contribution is -2.21. The molecule has 1 atom stereocenters. The van der Waals surface area contributed by atoms with Gasteiger partial charge in [0, 0.05) is 11.6 Å². The van der Waals surface area contributed by atoms with Gasteiger partial charge in [-0.15, -0.1) is 10.2 Å². The van der Waals surface area contributed by atoms with E-state index in [1.807, 2.05) is 30.5 Å². The summed E-state index contributed by atoms with van der Waals surface area (Å²) in [5.74, 6) is 0.442. The average Bonchev–Trinajstić information content (AvgIpc) is 2.82. The van der Waals surface area contributed by atoms with Crippen molar-refractivity contribution in [1.82, 2.24) is 14.8 Å². The molecule has 0 fully saturated rings. The number of hydrogen-bond donors (Lipinski definition) is 0. The van der Waals surface area contributed by atoms with Crippen molar-refractivity contribution in [2.45, 2.75) is 33.2 Å². The van der Waals surface area contributed by atoms with Crippen molar-refractivity contribution < 1.29 is 9.53 Å². The summed E-state index contributed by atoms with van der Waals surface area (Å²) in [6.45, 7) is 6.65. The quantitative estimate of drug-likeness (QED) is 0.797. The first-order valence-electron chi connectivity index (χ1n) is 6.90. The van der Waals surface area contributed by atoms with E-state index in [0.717, 1.165) is 11.4 Å². The van der Waals surface area contributed by atoms with E-state index < -0.39 is 5.92 Å². The normalized spacial score (nSPS) is 12.2. The van der Waals surface area contributed by atoms with E-state index in [1.54, 1.807) is 19.1 Å². The molecule has 112 valence electrons. The summed E-state index contributed by atoms with van der Waals surface area (Å²) in [7, 11) is 0. The zero-order valence-electron chi connectivity index (χ0n) is 12.3. The van der Waals surface area contributed by atoms with E-state index in [0.29, 0.717) is 24.0 Å². The standard InChI is InChI=1S/C15H18ClN3O2/c1-4-19-10(3)17-18-14(19)13(15(20)21-5-2)11-6-8-12(16)9-7-11/h6-9,13H,4-5H2,1-3H3. The van der Waals surface area contributed by atoms with E-state index in [1.165, 1.54) is 0 Å². The molecule has 6 heteroatoms. The van der Waals surface area contributed by atoms with Crippen molar-refractivity contribution in [1.29, 1.82) is 0 Å². The summed E-state index contributed by atoms with van der Waals surface area (Å²) in [5, 5.41) is 8.86. The van der Waals surface area contributed by atoms with Crippen molar-refractivity contribution in [2.75, 3.05) is 6.61 Å². The van der Waals surface area contributed by atoms with Gasteiger partial charge in [-0.25, -0.2) is 0 Å². The minimum atomic E-state index is -0.594. The van der Waals surface area contributed by atoms with Gasteiger partial charge in [-0.05, 0) is 38.5 Å². The second-order valence-corrected chi connectivity index (χ2v) is 5.02. The number of ether oxygens (including phenoxy) is 1. The number of aryl methyl sites for hydroxylation is 1. The fourth-order valence-corrected chi connectivity index (χ4v) is 2.40. The third-order valence-electron chi connectivity index (χ3n) is 3.26. The number of aromatic nitrogens is 3. The Morgan fingerprint density at radius 2 is 1.95 bits per heavy atom. The number of rotatable bonds is 5. The second-order valence-electron chi connectivity index (χ2n) is 4.59. The molecule has 0 saturated carbocycles. The highest BCUT2D eigenvalue weighted by molar-refractivity contribution is 6.30. The molecule has 0 amide bonds. The Hall–Kier alpha value is -1.88. The molecule has 0 aliphatic rings. The highest BCUT2D eigenvalue weighted by Gasteiger charge is 2.29. The minimum absolute atomic E-state index is 0.322. The van der Waals surface area contributed by atoms with E-state index in [9.17, 15) is 4.79 Å². The molecule has 0 N–H and O–H groups in total. The molecule has 1 heterocycles. The highest BCUT2D eigenvalue weighted by Crippen LogP contribution is 2.26. The van der Waals surface area contributed by atoms with Gasteiger partial charge in [0.2, 0.25) is 0 Å². The molecule has 0 spiro atoms. The van der Waals surface area contributed by atoms with Gasteiger partial charge in [0.1, 0.15) is 11.7 Å². The predicted octanol–water partition coefficient (Wildman–Crippen LogP) is 2.95. The molecule has 2 aromatic rings. The van der Waals surface area contributed by atoms with Crippen LogP contribution in [-0.4, -0.2) is 27.3 Å². The van der Waals surface area contributed by atoms with Gasteiger partial charge in [0.15, 0.2) is 5.82 Å². The number of benzene rings is 1. The topological polar surface area (TPSA) is 57.0 Å². The van der Waals surface area contributed by atoms with E-state index >= 15 is 0 Å². The number of carbonyl (C=O) groups excluding carboxylic acids is 1. The van der Waals surface area contributed by atoms with Gasteiger partial charge >= 0.3 is 5.97 Å². The average molecular weight is 308 g/mol. The summed E-state index contributed by atoms with van der Waals surface area (Å²) in [5.41, 5.74) is 0.792. The van der Waals surface area contributed by atoms with Gasteiger partial charge in [0.05, 0.1) is 6.61 Å². The molecule has 0 saturated heterocycles. The fraction of sp³-hybridized carbons (Fsp3) is 0.400. The number of carbonyl (C=O) groups is 1. The summed E-state index contributed by atoms with van der Waals surface area (Å²) in [6.07, 6.45) is 0. The van der Waals surface area contributed by atoms with Gasteiger partial charge in [-0.1, -0.05) is 23.7 Å². The van der Waals surface area contributed by atoms with Crippen LogP contribution in [-0.2, 0) is 16.1 Å². The molecule has 1 aromatic heterocycles. The first kappa shape index (κ1) is 15.5. The van der Waals surface area contributed by atoms with Gasteiger partial charge in [-0.3, -0.25) is 4.79 Å². The van der Waals surface area contributed by atoms with Crippen LogP contribution in [0.5, 0.6) is 0 Å². The smallest absolute Gasteiger partial charge is 0.321 e. The SMILES string of the molecule is CCOC(=O)C(c1ccc(Cl)cc1)c1nnc(C)n1CC. The van der Waals surface area contributed by atoms with Crippen LogP contribution >= 0.6 is 11.6 Å². The Morgan fingerprint density at radius 3 is 2.52 bits per heavy atom. The predicted molar refractivity (Wildman–Crippen MR) is 80.4 cm³/mol. The Bertz CT molecular complexity index is 622. The zero-order valence-corrected chi connectivity index (χ0v) is 13.1. The van der Waals surface area contributed by atoms with Crippen molar-refractivity contribution in [3.63, 3.8) is 0 Å². The summed E-state index contributed by atoms with van der Waals surface area (Å²) in [6, 6.07) is 7.13. The van der Waals surface area contributed by atoms with Crippen LogP contribution in [0.3, 0.4) is 0 Å². The lowest BCUT2D eigenvalue weighted by Gasteiger charge is -2.16. The lowest BCUT2D eigenvalue weighted by atomic mass is 9.98. The molecule has 1 aromatic carbocycles. The molecular weight excluding hydrogens is 290 g/mol. The Balaban J connectivity index is 2.50. The van der Waals surface area contributed by atoms with Crippen LogP contribution in [0.1, 0.15) is 37.0 Å². The first-order chi connectivity index (χ1) is 10.1. The molecule has 0 radical (unpaired) electrons. The van der Waals surface area contributed by atoms with Gasteiger partial charge < -0.3 is 9.30 Å². The first-order valence-corrected chi connectivity index (χ1v) is 7.28. The Morgan fingerprint density at radius 1 is 1.29 bits per heavy atom. The summed E-state index contributed by atoms with van der Waals surface area (Å²) in [4.78, 5) is 12.4. The second kappa shape index (κ2) is 6.72. The van der Waals surface area contributed by atoms with E-state index in [4.69, 9.17) is 16.3 Å². The molecule has 21 heavy (non-hydrogen) atoms. The molecule has 0 aliphatic heterocycles. The number of nitrogens with zero attached hydrogens (tertiary/aromatic N) is 3. The molecule has 2 rings (SSSR count). The summed E-state index contributed by atoms with van der Waals surface area (Å²) >= 11 is 5.92. The largest absolute Gasteiger partial charge is 0.465 e. The van der Waals surface area contributed by atoms with Crippen LogP contribution in [0.25, 0.3) is 0 Å². The number of hydrogen-bond acceptors (Lipinski definition) is 4. The molecule has 1 unspecified atom stereocenters. The Kier molecular flexibility index (Phi) is 4.96. The van der Waals surface area contributed by atoms with Crippen LogP contribution in [0.15, 0.2) is 24.3 Å². The fourth-order valence-electron chi connectivity index (χ4n) is 2.27. The third kappa shape index (κ3) is 3.24. The Labute approximate surface area is 128 Å². The molecular formula is C15H18ClN3O2. The van der Waals surface area contributed by atoms with Gasteiger partial charge in [0.25, 0.3) is 0 Å². The maximum absolute atomic E-state index is 12.4.